The van der Waals surface area contributed by atoms with Crippen molar-refractivity contribution in [3.05, 3.63) is 54.6 Å². The smallest absolute Gasteiger partial charge is 0.262 e. The first-order valence-corrected chi connectivity index (χ1v) is 8.12. The average Bonchev–Trinajstić information content (AvgIpc) is 3.14. The average molecular weight is 327 g/mol. The van der Waals surface area contributed by atoms with Crippen LogP contribution in [0.2, 0.25) is 0 Å². The zero-order chi connectivity index (χ0) is 16.6. The monoisotopic (exact) mass is 327 g/mol. The molecule has 1 atom stereocenters. The van der Waals surface area contributed by atoms with Crippen LogP contribution in [0.1, 0.15) is 12.8 Å². The van der Waals surface area contributed by atoms with Crippen molar-refractivity contribution in [1.82, 2.24) is 0 Å². The molecule has 1 saturated heterocycles. The lowest BCUT2D eigenvalue weighted by atomic mass is 10.2. The van der Waals surface area contributed by atoms with Gasteiger partial charge in [0.25, 0.3) is 5.91 Å². The minimum absolute atomic E-state index is 0.0515. The van der Waals surface area contributed by atoms with E-state index in [1.54, 1.807) is 0 Å². The summed E-state index contributed by atoms with van der Waals surface area (Å²) < 4.78 is 16.8. The van der Waals surface area contributed by atoms with Gasteiger partial charge in [-0.25, -0.2) is 0 Å². The molecule has 126 valence electrons. The molecule has 1 fully saturated rings. The first-order chi connectivity index (χ1) is 11.8. The molecule has 0 saturated carbocycles. The summed E-state index contributed by atoms with van der Waals surface area (Å²) >= 11 is 0. The summed E-state index contributed by atoms with van der Waals surface area (Å²) in [5.74, 6) is 1.07. The second-order valence-electron chi connectivity index (χ2n) is 5.59. The number of carbonyl (C=O) groups is 1. The van der Waals surface area contributed by atoms with Gasteiger partial charge in [0, 0.05) is 6.61 Å². The maximum atomic E-state index is 12.1. The number of anilines is 1. The number of benzene rings is 2. The molecule has 1 aliphatic rings. The molecule has 2 aromatic rings. The third-order valence-corrected chi connectivity index (χ3v) is 3.72. The number of amides is 1. The summed E-state index contributed by atoms with van der Waals surface area (Å²) in [6.07, 6.45) is 2.22. The molecular formula is C19H21NO4. The Kier molecular flexibility index (Phi) is 5.69. The summed E-state index contributed by atoms with van der Waals surface area (Å²) in [6, 6.07) is 16.6. The minimum atomic E-state index is -0.230. The van der Waals surface area contributed by atoms with Crippen LogP contribution in [0.25, 0.3) is 0 Å². The second kappa shape index (κ2) is 8.36. The molecular weight excluding hydrogens is 306 g/mol. The summed E-state index contributed by atoms with van der Waals surface area (Å²) in [6.45, 7) is 1.24. The van der Waals surface area contributed by atoms with E-state index < -0.39 is 0 Å². The molecule has 0 aromatic heterocycles. The van der Waals surface area contributed by atoms with Crippen LogP contribution in [-0.2, 0) is 9.53 Å². The van der Waals surface area contributed by atoms with E-state index in [0.29, 0.717) is 23.8 Å². The molecule has 0 radical (unpaired) electrons. The van der Waals surface area contributed by atoms with Gasteiger partial charge in [0.1, 0.15) is 18.1 Å². The molecule has 5 nitrogen and oxygen atoms in total. The maximum Gasteiger partial charge on any atom is 0.262 e. The first-order valence-electron chi connectivity index (χ1n) is 8.12. The Balaban J connectivity index is 1.52. The van der Waals surface area contributed by atoms with Crippen molar-refractivity contribution in [2.75, 3.05) is 25.1 Å². The van der Waals surface area contributed by atoms with Crippen molar-refractivity contribution < 1.29 is 19.0 Å². The lowest BCUT2D eigenvalue weighted by molar-refractivity contribution is -0.118. The number of nitrogens with one attached hydrogen (secondary N) is 1. The van der Waals surface area contributed by atoms with E-state index in [2.05, 4.69) is 5.32 Å². The number of rotatable bonds is 7. The Bertz CT molecular complexity index is 653. The standard InChI is InChI=1S/C19H21NO4/c21-19(14-23-15-7-2-1-3-8-15)20-17-10-4-5-11-18(17)24-13-16-9-6-12-22-16/h1-5,7-8,10-11,16H,6,9,12-14H2,(H,20,21)/t16-/m1/s1. The summed E-state index contributed by atoms with van der Waals surface area (Å²) in [5.41, 5.74) is 0.636. The third kappa shape index (κ3) is 4.73. The largest absolute Gasteiger partial charge is 0.489 e. The predicted octanol–water partition coefficient (Wildman–Crippen LogP) is 3.26. The van der Waals surface area contributed by atoms with Crippen LogP contribution in [0.4, 0.5) is 5.69 Å². The molecule has 2 aromatic carbocycles. The van der Waals surface area contributed by atoms with Crippen molar-refractivity contribution in [1.29, 1.82) is 0 Å². The molecule has 0 spiro atoms. The fraction of sp³-hybridized carbons (Fsp3) is 0.316. The van der Waals surface area contributed by atoms with Gasteiger partial charge in [-0.1, -0.05) is 30.3 Å². The molecule has 1 heterocycles. The summed E-state index contributed by atoms with van der Waals surface area (Å²) in [5, 5.41) is 2.83. The number of ether oxygens (including phenoxy) is 3. The van der Waals surface area contributed by atoms with Gasteiger partial charge in [0.15, 0.2) is 6.61 Å². The number of para-hydroxylation sites is 3. The van der Waals surface area contributed by atoms with Crippen LogP contribution in [0, 0.1) is 0 Å². The minimum Gasteiger partial charge on any atom is -0.489 e. The fourth-order valence-electron chi connectivity index (χ4n) is 2.51. The van der Waals surface area contributed by atoms with Gasteiger partial charge in [-0.15, -0.1) is 0 Å². The van der Waals surface area contributed by atoms with Crippen LogP contribution in [0.3, 0.4) is 0 Å². The van der Waals surface area contributed by atoms with E-state index in [-0.39, 0.29) is 18.6 Å². The Morgan fingerprint density at radius 1 is 1.08 bits per heavy atom. The van der Waals surface area contributed by atoms with Gasteiger partial charge in [-0.3, -0.25) is 4.79 Å². The van der Waals surface area contributed by atoms with Crippen LogP contribution in [0.15, 0.2) is 54.6 Å². The van der Waals surface area contributed by atoms with Crippen molar-refractivity contribution in [3.8, 4) is 11.5 Å². The van der Waals surface area contributed by atoms with Gasteiger partial charge in [0.2, 0.25) is 0 Å². The Morgan fingerprint density at radius 2 is 1.88 bits per heavy atom. The van der Waals surface area contributed by atoms with Crippen LogP contribution < -0.4 is 14.8 Å². The highest BCUT2D eigenvalue weighted by atomic mass is 16.5. The van der Waals surface area contributed by atoms with Gasteiger partial charge in [0.05, 0.1) is 11.8 Å². The highest BCUT2D eigenvalue weighted by Gasteiger charge is 2.17. The summed E-state index contributed by atoms with van der Waals surface area (Å²) in [4.78, 5) is 12.1. The predicted molar refractivity (Wildman–Crippen MR) is 91.5 cm³/mol. The SMILES string of the molecule is O=C(COc1ccccc1)Nc1ccccc1OC[C@H]1CCCO1. The first kappa shape index (κ1) is 16.3. The van der Waals surface area contributed by atoms with Crippen LogP contribution in [-0.4, -0.2) is 31.8 Å². The van der Waals surface area contributed by atoms with E-state index in [0.717, 1.165) is 19.4 Å². The highest BCUT2D eigenvalue weighted by molar-refractivity contribution is 5.93. The normalized spacial score (nSPS) is 16.6. The van der Waals surface area contributed by atoms with E-state index in [4.69, 9.17) is 14.2 Å². The quantitative estimate of drug-likeness (QED) is 0.848. The van der Waals surface area contributed by atoms with Gasteiger partial charge in [-0.2, -0.15) is 0 Å². The van der Waals surface area contributed by atoms with E-state index in [1.165, 1.54) is 0 Å². The summed E-state index contributed by atoms with van der Waals surface area (Å²) in [7, 11) is 0. The lowest BCUT2D eigenvalue weighted by Gasteiger charge is -2.15. The highest BCUT2D eigenvalue weighted by Crippen LogP contribution is 2.25. The van der Waals surface area contributed by atoms with Gasteiger partial charge < -0.3 is 19.5 Å². The molecule has 0 bridgehead atoms. The van der Waals surface area contributed by atoms with Crippen molar-refractivity contribution in [3.63, 3.8) is 0 Å². The fourth-order valence-corrected chi connectivity index (χ4v) is 2.51. The molecule has 1 amide bonds. The topological polar surface area (TPSA) is 56.8 Å². The number of carbonyl (C=O) groups excluding carboxylic acids is 1. The number of hydrogen-bond donors (Lipinski definition) is 1. The van der Waals surface area contributed by atoms with E-state index in [9.17, 15) is 4.79 Å². The maximum absolute atomic E-state index is 12.1. The third-order valence-electron chi connectivity index (χ3n) is 3.72. The Hall–Kier alpha value is -2.53. The molecule has 0 aliphatic carbocycles. The van der Waals surface area contributed by atoms with E-state index in [1.807, 2.05) is 54.6 Å². The van der Waals surface area contributed by atoms with Gasteiger partial charge in [-0.05, 0) is 37.1 Å². The van der Waals surface area contributed by atoms with Gasteiger partial charge >= 0.3 is 0 Å². The molecule has 3 rings (SSSR count). The van der Waals surface area contributed by atoms with Crippen LogP contribution in [0.5, 0.6) is 11.5 Å². The van der Waals surface area contributed by atoms with Crippen LogP contribution >= 0.6 is 0 Å². The Morgan fingerprint density at radius 3 is 2.67 bits per heavy atom. The molecule has 5 heteroatoms. The van der Waals surface area contributed by atoms with Crippen molar-refractivity contribution in [2.45, 2.75) is 18.9 Å². The molecule has 24 heavy (non-hydrogen) atoms. The zero-order valence-electron chi connectivity index (χ0n) is 13.4. The second-order valence-corrected chi connectivity index (χ2v) is 5.59. The molecule has 1 aliphatic heterocycles. The molecule has 0 unspecified atom stereocenters. The zero-order valence-corrected chi connectivity index (χ0v) is 13.4. The number of hydrogen-bond acceptors (Lipinski definition) is 4. The Labute approximate surface area is 141 Å². The van der Waals surface area contributed by atoms with Crippen molar-refractivity contribution >= 4 is 11.6 Å². The van der Waals surface area contributed by atoms with Crippen molar-refractivity contribution in [2.24, 2.45) is 0 Å². The molecule has 1 N–H and O–H groups in total. The lowest BCUT2D eigenvalue weighted by Crippen LogP contribution is -2.21. The van der Waals surface area contributed by atoms with E-state index >= 15 is 0 Å².